The predicted octanol–water partition coefficient (Wildman–Crippen LogP) is 4.74. The Hall–Kier alpha value is -0.380. The first-order valence-corrected chi connectivity index (χ1v) is 9.07. The molecule has 1 saturated carbocycles. The van der Waals surface area contributed by atoms with Crippen molar-refractivity contribution in [2.24, 2.45) is 11.7 Å². The summed E-state index contributed by atoms with van der Waals surface area (Å²) in [6.07, 6.45) is 6.37. The van der Waals surface area contributed by atoms with E-state index in [2.05, 4.69) is 66.0 Å². The molecule has 3 heteroatoms. The van der Waals surface area contributed by atoms with E-state index in [9.17, 15) is 0 Å². The lowest BCUT2D eigenvalue weighted by Crippen LogP contribution is -2.47. The van der Waals surface area contributed by atoms with Crippen molar-refractivity contribution in [1.82, 2.24) is 4.90 Å². The van der Waals surface area contributed by atoms with Crippen LogP contribution in [0.3, 0.4) is 0 Å². The fraction of sp³-hybridized carbons (Fsp3) is 0.667. The van der Waals surface area contributed by atoms with Crippen molar-refractivity contribution < 1.29 is 0 Å². The summed E-state index contributed by atoms with van der Waals surface area (Å²) < 4.78 is 1.18. The van der Waals surface area contributed by atoms with Crippen LogP contribution >= 0.6 is 15.9 Å². The van der Waals surface area contributed by atoms with Gasteiger partial charge in [-0.05, 0) is 43.9 Å². The zero-order chi connectivity index (χ0) is 15.4. The summed E-state index contributed by atoms with van der Waals surface area (Å²) in [4.78, 5) is 2.55. The Labute approximate surface area is 138 Å². The van der Waals surface area contributed by atoms with E-state index in [4.69, 9.17) is 5.73 Å². The first-order chi connectivity index (χ1) is 10.1. The van der Waals surface area contributed by atoms with E-state index < -0.39 is 0 Å². The van der Waals surface area contributed by atoms with Crippen LogP contribution in [0, 0.1) is 5.92 Å². The van der Waals surface area contributed by atoms with Gasteiger partial charge in [-0.2, -0.15) is 0 Å². The molecular weight excluding hydrogens is 324 g/mol. The fourth-order valence-corrected chi connectivity index (χ4v) is 4.32. The van der Waals surface area contributed by atoms with Crippen LogP contribution in [0.25, 0.3) is 0 Å². The van der Waals surface area contributed by atoms with Crippen molar-refractivity contribution in [2.45, 2.75) is 64.1 Å². The number of nitrogens with two attached hydrogens (primary N) is 1. The van der Waals surface area contributed by atoms with Gasteiger partial charge in [0.15, 0.2) is 0 Å². The van der Waals surface area contributed by atoms with E-state index in [0.717, 1.165) is 12.3 Å². The Bertz CT molecular complexity index is 449. The molecule has 0 amide bonds. The van der Waals surface area contributed by atoms with Gasteiger partial charge < -0.3 is 5.73 Å². The maximum Gasteiger partial charge on any atom is 0.0510 e. The number of hydrogen-bond donors (Lipinski definition) is 1. The average Bonchev–Trinajstić information content (AvgIpc) is 2.49. The lowest BCUT2D eigenvalue weighted by molar-refractivity contribution is 0.0821. The van der Waals surface area contributed by atoms with Crippen molar-refractivity contribution in [1.29, 1.82) is 0 Å². The molecule has 0 heterocycles. The standard InChI is InChI=1S/C18H29BrN2/c1-4-16(20)18(14-10-6-7-11-15(14)19)21(3)17-12-8-5-9-13(17)2/h6-7,10-11,13,16-18H,4-5,8-9,12,20H2,1-3H3. The van der Waals surface area contributed by atoms with Gasteiger partial charge in [-0.1, -0.05) is 60.8 Å². The highest BCUT2D eigenvalue weighted by atomic mass is 79.9. The topological polar surface area (TPSA) is 29.3 Å². The summed E-state index contributed by atoms with van der Waals surface area (Å²) in [5.41, 5.74) is 7.83. The molecule has 0 radical (unpaired) electrons. The summed E-state index contributed by atoms with van der Waals surface area (Å²) in [7, 11) is 2.27. The Balaban J connectivity index is 2.29. The number of halogens is 1. The van der Waals surface area contributed by atoms with Crippen LogP contribution in [-0.4, -0.2) is 24.0 Å². The molecule has 4 atom stereocenters. The van der Waals surface area contributed by atoms with E-state index in [-0.39, 0.29) is 12.1 Å². The van der Waals surface area contributed by atoms with Crippen LogP contribution in [0.2, 0.25) is 0 Å². The van der Waals surface area contributed by atoms with Crippen molar-refractivity contribution in [2.75, 3.05) is 7.05 Å². The van der Waals surface area contributed by atoms with Crippen LogP contribution in [0.1, 0.15) is 57.6 Å². The summed E-state index contributed by atoms with van der Waals surface area (Å²) in [6, 6.07) is 9.64. The van der Waals surface area contributed by atoms with Gasteiger partial charge in [0.05, 0.1) is 6.04 Å². The second kappa shape index (κ2) is 7.75. The third kappa shape index (κ3) is 3.88. The van der Waals surface area contributed by atoms with E-state index in [0.29, 0.717) is 6.04 Å². The Morgan fingerprint density at radius 3 is 2.57 bits per heavy atom. The molecule has 2 N–H and O–H groups in total. The third-order valence-electron chi connectivity index (χ3n) is 5.13. The van der Waals surface area contributed by atoms with Crippen LogP contribution in [0.4, 0.5) is 0 Å². The minimum Gasteiger partial charge on any atom is -0.326 e. The highest BCUT2D eigenvalue weighted by Gasteiger charge is 2.33. The molecule has 0 spiro atoms. The van der Waals surface area contributed by atoms with Gasteiger partial charge in [0.1, 0.15) is 0 Å². The molecule has 118 valence electrons. The van der Waals surface area contributed by atoms with Gasteiger partial charge >= 0.3 is 0 Å². The number of rotatable bonds is 5. The quantitative estimate of drug-likeness (QED) is 0.829. The highest BCUT2D eigenvalue weighted by Crippen LogP contribution is 2.36. The second-order valence-electron chi connectivity index (χ2n) is 6.53. The lowest BCUT2D eigenvalue weighted by atomic mass is 9.83. The average molecular weight is 353 g/mol. The molecule has 2 rings (SSSR count). The molecule has 1 aliphatic carbocycles. The number of nitrogens with zero attached hydrogens (tertiary/aromatic N) is 1. The van der Waals surface area contributed by atoms with E-state index >= 15 is 0 Å². The Kier molecular flexibility index (Phi) is 6.27. The lowest BCUT2D eigenvalue weighted by Gasteiger charge is -2.43. The summed E-state index contributed by atoms with van der Waals surface area (Å²) in [6.45, 7) is 4.58. The third-order valence-corrected chi connectivity index (χ3v) is 5.85. The fourth-order valence-electron chi connectivity index (χ4n) is 3.80. The Morgan fingerprint density at radius 1 is 1.29 bits per heavy atom. The van der Waals surface area contributed by atoms with Crippen molar-refractivity contribution in [3.63, 3.8) is 0 Å². The molecule has 0 saturated heterocycles. The highest BCUT2D eigenvalue weighted by molar-refractivity contribution is 9.10. The van der Waals surface area contributed by atoms with E-state index in [1.807, 2.05) is 0 Å². The largest absolute Gasteiger partial charge is 0.326 e. The van der Waals surface area contributed by atoms with Crippen LogP contribution in [-0.2, 0) is 0 Å². The number of likely N-dealkylation sites (N-methyl/N-ethyl adjacent to an activating group) is 1. The summed E-state index contributed by atoms with van der Waals surface area (Å²) >= 11 is 3.72. The maximum absolute atomic E-state index is 6.51. The first-order valence-electron chi connectivity index (χ1n) is 8.28. The van der Waals surface area contributed by atoms with Gasteiger partial charge in [0.2, 0.25) is 0 Å². The molecule has 21 heavy (non-hydrogen) atoms. The minimum absolute atomic E-state index is 0.169. The van der Waals surface area contributed by atoms with E-state index in [1.54, 1.807) is 0 Å². The zero-order valence-corrected chi connectivity index (χ0v) is 15.1. The van der Waals surface area contributed by atoms with Crippen LogP contribution in [0.15, 0.2) is 28.7 Å². The van der Waals surface area contributed by atoms with Crippen molar-refractivity contribution in [3.05, 3.63) is 34.3 Å². The van der Waals surface area contributed by atoms with Gasteiger partial charge in [0, 0.05) is 16.6 Å². The molecule has 0 aliphatic heterocycles. The first kappa shape index (κ1) is 17.0. The zero-order valence-electron chi connectivity index (χ0n) is 13.6. The molecule has 1 aromatic rings. The normalized spacial score (nSPS) is 25.8. The Morgan fingerprint density at radius 2 is 1.95 bits per heavy atom. The maximum atomic E-state index is 6.51. The summed E-state index contributed by atoms with van der Waals surface area (Å²) in [5.74, 6) is 0.762. The summed E-state index contributed by atoms with van der Waals surface area (Å²) in [5, 5.41) is 0. The molecule has 1 aliphatic rings. The number of benzene rings is 1. The van der Waals surface area contributed by atoms with E-state index in [1.165, 1.54) is 35.7 Å². The predicted molar refractivity (Wildman–Crippen MR) is 94.3 cm³/mol. The molecule has 0 bridgehead atoms. The molecule has 4 unspecified atom stereocenters. The van der Waals surface area contributed by atoms with Gasteiger partial charge in [-0.15, -0.1) is 0 Å². The van der Waals surface area contributed by atoms with Crippen LogP contribution < -0.4 is 5.73 Å². The van der Waals surface area contributed by atoms with Gasteiger partial charge in [-0.3, -0.25) is 4.90 Å². The molecule has 2 nitrogen and oxygen atoms in total. The van der Waals surface area contributed by atoms with Crippen molar-refractivity contribution >= 4 is 15.9 Å². The van der Waals surface area contributed by atoms with Crippen molar-refractivity contribution in [3.8, 4) is 0 Å². The minimum atomic E-state index is 0.169. The molecule has 1 aromatic carbocycles. The number of hydrogen-bond acceptors (Lipinski definition) is 2. The van der Waals surface area contributed by atoms with Gasteiger partial charge in [0.25, 0.3) is 0 Å². The van der Waals surface area contributed by atoms with Crippen LogP contribution in [0.5, 0.6) is 0 Å². The monoisotopic (exact) mass is 352 g/mol. The molecule has 1 fully saturated rings. The SMILES string of the molecule is CCC(N)C(c1ccccc1Br)N(C)C1CCCCC1C. The molecule has 0 aromatic heterocycles. The molecular formula is C18H29BrN2. The van der Waals surface area contributed by atoms with Gasteiger partial charge in [-0.25, -0.2) is 0 Å². The smallest absolute Gasteiger partial charge is 0.0510 e. The second-order valence-corrected chi connectivity index (χ2v) is 7.39.